The van der Waals surface area contributed by atoms with Crippen LogP contribution in [0.4, 0.5) is 10.5 Å². The van der Waals surface area contributed by atoms with Crippen LogP contribution in [0.25, 0.3) is 11.2 Å². The maximum Gasteiger partial charge on any atom is 0.326 e. The molecule has 0 atom stereocenters. The van der Waals surface area contributed by atoms with Crippen molar-refractivity contribution in [3.63, 3.8) is 0 Å². The molecule has 0 bridgehead atoms. The van der Waals surface area contributed by atoms with Gasteiger partial charge in [0.15, 0.2) is 11.2 Å². The number of imidazole rings is 1. The van der Waals surface area contributed by atoms with E-state index >= 15 is 0 Å². The van der Waals surface area contributed by atoms with Crippen molar-refractivity contribution in [3.05, 3.63) is 71.2 Å². The predicted molar refractivity (Wildman–Crippen MR) is 125 cm³/mol. The van der Waals surface area contributed by atoms with Gasteiger partial charge in [-0.1, -0.05) is 15.9 Å². The SMILES string of the molecule is O=C(NC(=O)c1ccc(Br)cc1)Nc1ccc(Oc2ncnc3c2ncn3CC2CC2)cc1. The van der Waals surface area contributed by atoms with Crippen LogP contribution in [0, 0.1) is 5.92 Å². The van der Waals surface area contributed by atoms with Gasteiger partial charge in [-0.25, -0.2) is 14.8 Å². The molecule has 0 spiro atoms. The predicted octanol–water partition coefficient (Wildman–Crippen LogP) is 4.75. The number of hydrogen-bond donors (Lipinski definition) is 2. The molecule has 33 heavy (non-hydrogen) atoms. The van der Waals surface area contributed by atoms with E-state index in [4.69, 9.17) is 4.74 Å². The summed E-state index contributed by atoms with van der Waals surface area (Å²) in [7, 11) is 0. The number of aromatic nitrogens is 4. The zero-order chi connectivity index (χ0) is 22.8. The number of amides is 3. The van der Waals surface area contributed by atoms with Gasteiger partial charge >= 0.3 is 6.03 Å². The fourth-order valence-corrected chi connectivity index (χ4v) is 3.57. The topological polar surface area (TPSA) is 111 Å². The van der Waals surface area contributed by atoms with Gasteiger partial charge in [0.05, 0.1) is 6.33 Å². The van der Waals surface area contributed by atoms with E-state index in [-0.39, 0.29) is 0 Å². The summed E-state index contributed by atoms with van der Waals surface area (Å²) in [6, 6.07) is 12.8. The molecule has 0 aliphatic heterocycles. The lowest BCUT2D eigenvalue weighted by atomic mass is 10.2. The van der Waals surface area contributed by atoms with E-state index in [9.17, 15) is 9.59 Å². The Morgan fingerprint density at radius 3 is 2.52 bits per heavy atom. The molecule has 9 nitrogen and oxygen atoms in total. The Balaban J connectivity index is 1.22. The van der Waals surface area contributed by atoms with E-state index in [1.807, 2.05) is 4.57 Å². The third kappa shape index (κ3) is 5.01. The molecule has 1 saturated carbocycles. The summed E-state index contributed by atoms with van der Waals surface area (Å²) in [6.45, 7) is 0.902. The lowest BCUT2D eigenvalue weighted by molar-refractivity contribution is 0.0967. The van der Waals surface area contributed by atoms with Gasteiger partial charge in [0.25, 0.3) is 11.8 Å². The average Bonchev–Trinajstić information content (AvgIpc) is 3.53. The minimum Gasteiger partial charge on any atom is -0.437 e. The fraction of sp³-hybridized carbons (Fsp3) is 0.174. The Labute approximate surface area is 197 Å². The number of nitrogens with zero attached hydrogens (tertiary/aromatic N) is 4. The number of rotatable bonds is 6. The largest absolute Gasteiger partial charge is 0.437 e. The highest BCUT2D eigenvalue weighted by atomic mass is 79.9. The first kappa shape index (κ1) is 21.1. The van der Waals surface area contributed by atoms with E-state index in [2.05, 4.69) is 41.5 Å². The second-order valence-corrected chi connectivity index (χ2v) is 8.65. The molecule has 3 amide bonds. The van der Waals surface area contributed by atoms with E-state index < -0.39 is 11.9 Å². The molecule has 166 valence electrons. The highest BCUT2D eigenvalue weighted by Gasteiger charge is 2.23. The van der Waals surface area contributed by atoms with Gasteiger partial charge in [-0.15, -0.1) is 0 Å². The van der Waals surface area contributed by atoms with E-state index in [1.165, 1.54) is 19.2 Å². The Morgan fingerprint density at radius 2 is 1.79 bits per heavy atom. The van der Waals surface area contributed by atoms with Crippen LogP contribution in [0.2, 0.25) is 0 Å². The van der Waals surface area contributed by atoms with Crippen LogP contribution >= 0.6 is 15.9 Å². The maximum atomic E-state index is 12.2. The average molecular weight is 507 g/mol. The Morgan fingerprint density at radius 1 is 1.03 bits per heavy atom. The molecule has 2 aromatic carbocycles. The first-order valence-corrected chi connectivity index (χ1v) is 11.2. The lowest BCUT2D eigenvalue weighted by Crippen LogP contribution is -2.34. The number of carbonyl (C=O) groups excluding carboxylic acids is 2. The standard InChI is InChI=1S/C23H19BrN6O3/c24-16-5-3-15(4-6-16)21(31)29-23(32)28-17-7-9-18(10-8-17)33-22-19-20(25-12-26-22)30(13-27-19)11-14-1-2-14/h3-10,12-14H,1-2,11H2,(H2,28,29,31,32). The normalized spacial score (nSPS) is 13.0. The number of fused-ring (bicyclic) bond motifs is 1. The molecular weight excluding hydrogens is 488 g/mol. The summed E-state index contributed by atoms with van der Waals surface area (Å²) in [5, 5.41) is 4.92. The molecule has 0 saturated heterocycles. The van der Waals surface area contributed by atoms with Crippen molar-refractivity contribution in [2.75, 3.05) is 5.32 Å². The monoisotopic (exact) mass is 506 g/mol. The molecule has 2 N–H and O–H groups in total. The molecule has 2 aromatic heterocycles. The summed E-state index contributed by atoms with van der Waals surface area (Å²) >= 11 is 3.31. The van der Waals surface area contributed by atoms with Crippen LogP contribution < -0.4 is 15.4 Å². The molecule has 0 radical (unpaired) electrons. The zero-order valence-electron chi connectivity index (χ0n) is 17.4. The Hall–Kier alpha value is -3.79. The molecule has 4 aromatic rings. The Bertz CT molecular complexity index is 1320. The molecule has 1 aliphatic rings. The van der Waals surface area contributed by atoms with Gasteiger partial charge < -0.3 is 14.6 Å². The highest BCUT2D eigenvalue weighted by molar-refractivity contribution is 9.10. The van der Waals surface area contributed by atoms with E-state index in [0.29, 0.717) is 34.3 Å². The number of benzene rings is 2. The summed E-state index contributed by atoms with van der Waals surface area (Å²) < 4.78 is 8.78. The number of carbonyl (C=O) groups is 2. The number of halogens is 1. The van der Waals surface area contributed by atoms with E-state index in [0.717, 1.165) is 16.7 Å². The van der Waals surface area contributed by atoms with Crippen molar-refractivity contribution in [2.45, 2.75) is 19.4 Å². The van der Waals surface area contributed by atoms with Gasteiger partial charge in [-0.3, -0.25) is 10.1 Å². The summed E-state index contributed by atoms with van der Waals surface area (Å²) in [6.07, 6.45) is 5.72. The van der Waals surface area contributed by atoms with Gasteiger partial charge in [0.2, 0.25) is 0 Å². The number of ether oxygens (including phenoxy) is 1. The minimum atomic E-state index is -0.629. The number of urea groups is 1. The smallest absolute Gasteiger partial charge is 0.326 e. The number of imide groups is 1. The first-order chi connectivity index (χ1) is 16.0. The van der Waals surface area contributed by atoms with Crippen LogP contribution in [-0.4, -0.2) is 31.5 Å². The van der Waals surface area contributed by atoms with Crippen molar-refractivity contribution in [1.82, 2.24) is 24.8 Å². The first-order valence-electron chi connectivity index (χ1n) is 10.4. The minimum absolute atomic E-state index is 0.369. The molecule has 0 unspecified atom stereocenters. The zero-order valence-corrected chi connectivity index (χ0v) is 18.9. The second kappa shape index (κ2) is 8.99. The van der Waals surface area contributed by atoms with Gasteiger partial charge in [0.1, 0.15) is 12.1 Å². The van der Waals surface area contributed by atoms with Crippen molar-refractivity contribution >= 4 is 44.7 Å². The van der Waals surface area contributed by atoms with Crippen molar-refractivity contribution in [1.29, 1.82) is 0 Å². The maximum absolute atomic E-state index is 12.2. The van der Waals surface area contributed by atoms with Gasteiger partial charge in [0, 0.05) is 22.3 Å². The third-order valence-corrected chi connectivity index (χ3v) is 5.71. The highest BCUT2D eigenvalue weighted by Crippen LogP contribution is 2.32. The fourth-order valence-electron chi connectivity index (χ4n) is 3.30. The number of nitrogens with one attached hydrogen (secondary N) is 2. The molecule has 1 fully saturated rings. The van der Waals surface area contributed by atoms with Gasteiger partial charge in [-0.05, 0) is 67.3 Å². The quantitative estimate of drug-likeness (QED) is 0.390. The van der Waals surface area contributed by atoms with Crippen molar-refractivity contribution < 1.29 is 14.3 Å². The summed E-state index contributed by atoms with van der Waals surface area (Å²) in [4.78, 5) is 37.3. The third-order valence-electron chi connectivity index (χ3n) is 5.18. The Kier molecular flexibility index (Phi) is 5.74. The molecule has 1 aliphatic carbocycles. The van der Waals surface area contributed by atoms with Crippen molar-refractivity contribution in [2.24, 2.45) is 5.92 Å². The van der Waals surface area contributed by atoms with Gasteiger partial charge in [-0.2, -0.15) is 4.98 Å². The summed E-state index contributed by atoms with van der Waals surface area (Å²) in [5.74, 6) is 1.11. The molecular formula is C23H19BrN6O3. The van der Waals surface area contributed by atoms with Crippen LogP contribution in [-0.2, 0) is 6.54 Å². The second-order valence-electron chi connectivity index (χ2n) is 7.73. The van der Waals surface area contributed by atoms with Crippen LogP contribution in [0.1, 0.15) is 23.2 Å². The van der Waals surface area contributed by atoms with Crippen molar-refractivity contribution in [3.8, 4) is 11.6 Å². The van der Waals surface area contributed by atoms with Crippen LogP contribution in [0.15, 0.2) is 65.7 Å². The number of hydrogen-bond acceptors (Lipinski definition) is 6. The summed E-state index contributed by atoms with van der Waals surface area (Å²) in [5.41, 5.74) is 2.24. The van der Waals surface area contributed by atoms with Crippen LogP contribution in [0.5, 0.6) is 11.6 Å². The molecule has 5 rings (SSSR count). The molecule has 2 heterocycles. The molecule has 10 heteroatoms. The number of anilines is 1. The van der Waals surface area contributed by atoms with E-state index in [1.54, 1.807) is 54.9 Å². The lowest BCUT2D eigenvalue weighted by Gasteiger charge is -2.09. The van der Waals surface area contributed by atoms with Crippen LogP contribution in [0.3, 0.4) is 0 Å².